The average Bonchev–Trinajstić information content (AvgIpc) is 3.48. The second-order valence-electron chi connectivity index (χ2n) is 9.71. The van der Waals surface area contributed by atoms with Crippen LogP contribution in [-0.4, -0.2) is 61.2 Å². The van der Waals surface area contributed by atoms with Crippen molar-refractivity contribution in [1.82, 2.24) is 15.1 Å². The Kier molecular flexibility index (Phi) is 9.23. The highest BCUT2D eigenvalue weighted by molar-refractivity contribution is 7.85. The number of amides is 1. The predicted octanol–water partition coefficient (Wildman–Crippen LogP) is 3.60. The molecule has 1 amide bonds. The van der Waals surface area contributed by atoms with E-state index in [0.717, 1.165) is 17.4 Å². The molecule has 4 rings (SSSR count). The highest BCUT2D eigenvalue weighted by Crippen LogP contribution is 2.38. The largest absolute Gasteiger partial charge is 0.478 e. The van der Waals surface area contributed by atoms with E-state index in [1.54, 1.807) is 30.0 Å². The molecule has 0 saturated carbocycles. The molecule has 3 aromatic rings. The van der Waals surface area contributed by atoms with Crippen LogP contribution in [0.2, 0.25) is 0 Å². The van der Waals surface area contributed by atoms with E-state index in [9.17, 15) is 31.2 Å². The summed E-state index contributed by atoms with van der Waals surface area (Å²) in [6.07, 6.45) is -3.93. The molecule has 15 heteroatoms. The molecule has 0 radical (unpaired) electrons. The fourth-order valence-corrected chi connectivity index (χ4v) is 4.92. The van der Waals surface area contributed by atoms with Gasteiger partial charge in [-0.1, -0.05) is 36.4 Å². The molecular weight excluding hydrogens is 581 g/mol. The maximum Gasteiger partial charge on any atom is 0.436 e. The number of hydrogen-bond acceptors (Lipinski definition) is 8. The molecule has 0 fully saturated rings. The number of aromatic nitrogens is 2. The molecule has 42 heavy (non-hydrogen) atoms. The quantitative estimate of drug-likeness (QED) is 0.233. The van der Waals surface area contributed by atoms with Crippen LogP contribution in [0.3, 0.4) is 0 Å². The van der Waals surface area contributed by atoms with Crippen LogP contribution in [0.4, 0.5) is 19.0 Å². The van der Waals surface area contributed by atoms with Gasteiger partial charge in [0.25, 0.3) is 16.0 Å². The number of benzene rings is 2. The molecule has 226 valence electrons. The number of hydrogen-bond donors (Lipinski definition) is 2. The average molecular weight is 611 g/mol. The number of nitrogens with zero attached hydrogens (tertiary/aromatic N) is 3. The summed E-state index contributed by atoms with van der Waals surface area (Å²) in [5, 5.41) is 15.4. The topological polar surface area (TPSA) is 140 Å². The summed E-state index contributed by atoms with van der Waals surface area (Å²) in [5.41, 5.74) is 0.204. The second kappa shape index (κ2) is 12.5. The molecule has 11 nitrogen and oxygen atoms in total. The number of halogens is 3. The molecule has 2 N–H and O–H groups in total. The van der Waals surface area contributed by atoms with E-state index < -0.39 is 45.5 Å². The fourth-order valence-electron chi connectivity index (χ4n) is 4.55. The number of carboxylic acid groups (broad SMARTS) is 1. The van der Waals surface area contributed by atoms with Crippen LogP contribution < -0.4 is 10.2 Å². The van der Waals surface area contributed by atoms with Crippen molar-refractivity contribution in [2.75, 3.05) is 30.9 Å². The summed E-state index contributed by atoms with van der Waals surface area (Å²) in [6.45, 7) is 2.34. The van der Waals surface area contributed by atoms with E-state index in [4.69, 9.17) is 9.84 Å². The lowest BCUT2D eigenvalue weighted by molar-refractivity contribution is -0.141. The van der Waals surface area contributed by atoms with Crippen LogP contribution in [0, 0.1) is 0 Å². The third-order valence-electron chi connectivity index (χ3n) is 6.47. The maximum absolute atomic E-state index is 14.0. The molecule has 1 unspecified atom stereocenters. The first-order valence-electron chi connectivity index (χ1n) is 12.8. The third kappa shape index (κ3) is 7.66. The van der Waals surface area contributed by atoms with E-state index in [1.165, 1.54) is 28.9 Å². The molecule has 1 aliphatic heterocycles. The first-order chi connectivity index (χ1) is 19.7. The van der Waals surface area contributed by atoms with Gasteiger partial charge in [-0.15, -0.1) is 0 Å². The Labute approximate surface area is 240 Å². The van der Waals surface area contributed by atoms with Gasteiger partial charge in [-0.3, -0.25) is 8.98 Å². The number of nitrogens with one attached hydrogen (secondary N) is 1. The van der Waals surface area contributed by atoms with Crippen LogP contribution in [0.1, 0.15) is 56.1 Å². The van der Waals surface area contributed by atoms with Crippen molar-refractivity contribution >= 4 is 27.8 Å². The number of ether oxygens (including phenoxy) is 1. The summed E-state index contributed by atoms with van der Waals surface area (Å²) < 4.78 is 75.3. The van der Waals surface area contributed by atoms with Crippen molar-refractivity contribution in [3.05, 3.63) is 82.0 Å². The summed E-state index contributed by atoms with van der Waals surface area (Å²) in [5.74, 6) is -2.03. The minimum Gasteiger partial charge on any atom is -0.478 e. The van der Waals surface area contributed by atoms with E-state index in [2.05, 4.69) is 14.6 Å². The van der Waals surface area contributed by atoms with Gasteiger partial charge >= 0.3 is 12.1 Å². The second-order valence-corrected chi connectivity index (χ2v) is 11.4. The van der Waals surface area contributed by atoms with Crippen molar-refractivity contribution in [2.24, 2.45) is 0 Å². The molecule has 1 atom stereocenters. The molecule has 0 bridgehead atoms. The molecule has 0 aliphatic carbocycles. The Hall–Kier alpha value is -3.95. The number of carbonyl (C=O) groups excluding carboxylic acids is 1. The number of carboxylic acids is 1. The Bertz CT molecular complexity index is 1560. The highest BCUT2D eigenvalue weighted by atomic mass is 32.2. The van der Waals surface area contributed by atoms with E-state index >= 15 is 0 Å². The van der Waals surface area contributed by atoms with Crippen molar-refractivity contribution in [1.29, 1.82) is 0 Å². The normalized spacial score (nSPS) is 14.1. The fraction of sp³-hybridized carbons (Fsp3) is 0.370. The zero-order chi connectivity index (χ0) is 30.7. The molecule has 2 heterocycles. The number of fused-ring (bicyclic) bond motifs is 1. The SMILES string of the molecule is CC(NC(=O)c1c(C(F)(F)F)nn2c1N(Cc1cccc(COCCOS(C)(=O)=O)c1)CC2)c1ccc(C(=O)O)cc1. The number of carbonyl (C=O) groups is 2. The van der Waals surface area contributed by atoms with Gasteiger partial charge < -0.3 is 20.1 Å². The lowest BCUT2D eigenvalue weighted by Gasteiger charge is -2.21. The van der Waals surface area contributed by atoms with E-state index in [-0.39, 0.29) is 44.3 Å². The molecule has 1 aliphatic rings. The summed E-state index contributed by atoms with van der Waals surface area (Å²) >= 11 is 0. The lowest BCUT2D eigenvalue weighted by Crippen LogP contribution is -2.31. The van der Waals surface area contributed by atoms with Crippen molar-refractivity contribution in [2.45, 2.75) is 38.8 Å². The standard InChI is InChI=1S/C27H29F3N4O7S/c1-17(20-6-8-21(9-7-20)26(36)37)31-24(35)22-23(27(28,29)30)32-34-11-10-33(25(22)34)15-18-4-3-5-19(14-18)16-40-12-13-41-42(2,38)39/h3-9,14,17H,10-13,15-16H2,1-2H3,(H,31,35)(H,36,37). The number of aromatic carboxylic acids is 1. The van der Waals surface area contributed by atoms with Gasteiger partial charge in [0.05, 0.1) is 44.2 Å². The first-order valence-corrected chi connectivity index (χ1v) is 14.6. The summed E-state index contributed by atoms with van der Waals surface area (Å²) in [4.78, 5) is 26.1. The Morgan fingerprint density at radius 2 is 1.79 bits per heavy atom. The van der Waals surface area contributed by atoms with Crippen LogP contribution >= 0.6 is 0 Å². The van der Waals surface area contributed by atoms with Crippen LogP contribution in [-0.2, 0) is 44.9 Å². The van der Waals surface area contributed by atoms with Gasteiger partial charge in [0.1, 0.15) is 11.4 Å². The predicted molar refractivity (Wildman–Crippen MR) is 144 cm³/mol. The Balaban J connectivity index is 1.51. The van der Waals surface area contributed by atoms with E-state index in [0.29, 0.717) is 12.1 Å². The molecule has 0 spiro atoms. The maximum atomic E-state index is 14.0. The van der Waals surface area contributed by atoms with Gasteiger partial charge in [-0.2, -0.15) is 26.7 Å². The molecule has 1 aromatic heterocycles. The van der Waals surface area contributed by atoms with Crippen molar-refractivity contribution < 1.29 is 45.2 Å². The summed E-state index contributed by atoms with van der Waals surface area (Å²) in [6, 6.07) is 12.1. The van der Waals surface area contributed by atoms with Gasteiger partial charge in [0.2, 0.25) is 0 Å². The zero-order valence-corrected chi connectivity index (χ0v) is 23.5. The van der Waals surface area contributed by atoms with Crippen molar-refractivity contribution in [3.63, 3.8) is 0 Å². The third-order valence-corrected chi connectivity index (χ3v) is 7.06. The molecular formula is C27H29F3N4O7S. The van der Waals surface area contributed by atoms with Crippen LogP contribution in [0.25, 0.3) is 0 Å². The van der Waals surface area contributed by atoms with Crippen LogP contribution in [0.5, 0.6) is 0 Å². The number of alkyl halides is 3. The van der Waals surface area contributed by atoms with E-state index in [1.807, 2.05) is 6.07 Å². The minimum atomic E-state index is -4.87. The zero-order valence-electron chi connectivity index (χ0n) is 22.7. The first kappa shape index (κ1) is 31.0. The summed E-state index contributed by atoms with van der Waals surface area (Å²) in [7, 11) is -3.57. The Morgan fingerprint density at radius 1 is 1.10 bits per heavy atom. The molecule has 0 saturated heterocycles. The highest BCUT2D eigenvalue weighted by Gasteiger charge is 2.44. The molecule has 2 aromatic carbocycles. The van der Waals surface area contributed by atoms with Gasteiger partial charge in [0, 0.05) is 13.1 Å². The van der Waals surface area contributed by atoms with Gasteiger partial charge in [-0.05, 0) is 35.7 Å². The van der Waals surface area contributed by atoms with Crippen LogP contribution in [0.15, 0.2) is 48.5 Å². The van der Waals surface area contributed by atoms with Gasteiger partial charge in [0.15, 0.2) is 5.69 Å². The smallest absolute Gasteiger partial charge is 0.436 e. The minimum absolute atomic E-state index is 0.0401. The lowest BCUT2D eigenvalue weighted by atomic mass is 10.1. The number of rotatable bonds is 12. The number of anilines is 1. The van der Waals surface area contributed by atoms with Gasteiger partial charge in [-0.25, -0.2) is 9.48 Å². The van der Waals surface area contributed by atoms with Crippen molar-refractivity contribution in [3.8, 4) is 0 Å². The Morgan fingerprint density at radius 3 is 2.43 bits per heavy atom. The monoisotopic (exact) mass is 610 g/mol.